The number of hydrogen-bond acceptors (Lipinski definition) is 2. The highest BCUT2D eigenvalue weighted by atomic mass is 16.2. The fourth-order valence-corrected chi connectivity index (χ4v) is 2.36. The van der Waals surface area contributed by atoms with E-state index in [4.69, 9.17) is 0 Å². The lowest BCUT2D eigenvalue weighted by atomic mass is 9.92. The summed E-state index contributed by atoms with van der Waals surface area (Å²) in [6.07, 6.45) is 0. The fraction of sp³-hybridized carbons (Fsp3) is 0.125. The van der Waals surface area contributed by atoms with E-state index in [0.29, 0.717) is 6.54 Å². The maximum Gasteiger partial charge on any atom is 0.293 e. The van der Waals surface area contributed by atoms with Crippen molar-refractivity contribution in [1.82, 2.24) is 4.90 Å². The average Bonchev–Trinajstić information content (AvgIpc) is 2.48. The molecule has 1 unspecified atom stereocenters. The Morgan fingerprint density at radius 1 is 0.842 bits per heavy atom. The first-order valence-electron chi connectivity index (χ1n) is 6.21. The van der Waals surface area contributed by atoms with Crippen molar-refractivity contribution >= 4 is 11.7 Å². The molecule has 19 heavy (non-hydrogen) atoms. The van der Waals surface area contributed by atoms with Crippen LogP contribution in [-0.2, 0) is 16.1 Å². The standard InChI is InChI=1S/C16H13NO2/c18-15-14(13-9-5-2-6-10-13)17(16(15)19)11-12-7-3-1-4-8-12/h1-10,14H,11H2. The summed E-state index contributed by atoms with van der Waals surface area (Å²) in [5.41, 5.74) is 1.91. The molecule has 3 heteroatoms. The zero-order valence-corrected chi connectivity index (χ0v) is 10.3. The minimum absolute atomic E-state index is 0.317. The smallest absolute Gasteiger partial charge is 0.293 e. The second-order valence-electron chi connectivity index (χ2n) is 4.60. The van der Waals surface area contributed by atoms with Gasteiger partial charge in [0.2, 0.25) is 5.78 Å². The quantitative estimate of drug-likeness (QED) is 0.620. The summed E-state index contributed by atoms with van der Waals surface area (Å²) in [5.74, 6) is -0.708. The number of nitrogens with zero attached hydrogens (tertiary/aromatic N) is 1. The summed E-state index contributed by atoms with van der Waals surface area (Å²) >= 11 is 0. The van der Waals surface area contributed by atoms with Gasteiger partial charge in [0.25, 0.3) is 5.91 Å². The molecule has 1 amide bonds. The van der Waals surface area contributed by atoms with Gasteiger partial charge in [-0.15, -0.1) is 0 Å². The number of benzene rings is 2. The molecule has 1 heterocycles. The number of Topliss-reactive ketones (excluding diaryl/α,β-unsaturated/α-hetero) is 1. The molecular formula is C16H13NO2. The number of hydrogen-bond donors (Lipinski definition) is 0. The number of β-lactam (4-membered cyclic amide) rings is 1. The number of carbonyl (C=O) groups excluding carboxylic acids is 2. The van der Waals surface area contributed by atoms with E-state index in [9.17, 15) is 9.59 Å². The highest BCUT2D eigenvalue weighted by Crippen LogP contribution is 2.32. The molecule has 94 valence electrons. The van der Waals surface area contributed by atoms with Crippen molar-refractivity contribution in [2.45, 2.75) is 12.6 Å². The van der Waals surface area contributed by atoms with Gasteiger partial charge in [-0.25, -0.2) is 0 Å². The summed E-state index contributed by atoms with van der Waals surface area (Å²) < 4.78 is 0. The summed E-state index contributed by atoms with van der Waals surface area (Å²) in [7, 11) is 0. The van der Waals surface area contributed by atoms with Crippen LogP contribution in [-0.4, -0.2) is 16.6 Å². The van der Waals surface area contributed by atoms with Gasteiger partial charge in [-0.05, 0) is 11.1 Å². The third kappa shape index (κ3) is 2.03. The second-order valence-corrected chi connectivity index (χ2v) is 4.60. The molecule has 1 aliphatic rings. The molecule has 0 radical (unpaired) electrons. The van der Waals surface area contributed by atoms with Crippen LogP contribution in [0.5, 0.6) is 0 Å². The largest absolute Gasteiger partial charge is 0.317 e. The lowest BCUT2D eigenvalue weighted by Gasteiger charge is -2.38. The Kier molecular flexibility index (Phi) is 2.88. The van der Waals surface area contributed by atoms with E-state index in [-0.39, 0.29) is 5.78 Å². The number of rotatable bonds is 3. The Morgan fingerprint density at radius 2 is 1.42 bits per heavy atom. The van der Waals surface area contributed by atoms with Crippen LogP contribution in [0, 0.1) is 0 Å². The number of likely N-dealkylation sites (tertiary alicyclic amines) is 1. The van der Waals surface area contributed by atoms with Crippen molar-refractivity contribution < 1.29 is 9.59 Å². The van der Waals surface area contributed by atoms with Gasteiger partial charge in [-0.3, -0.25) is 9.59 Å². The minimum atomic E-state index is -0.422. The molecule has 1 saturated heterocycles. The van der Waals surface area contributed by atoms with Crippen LogP contribution >= 0.6 is 0 Å². The molecule has 0 spiro atoms. The van der Waals surface area contributed by atoms with E-state index in [1.807, 2.05) is 60.7 Å². The van der Waals surface area contributed by atoms with Gasteiger partial charge in [0.1, 0.15) is 6.04 Å². The number of ketones is 1. The summed E-state index contributed by atoms with van der Waals surface area (Å²) in [5, 5.41) is 0. The van der Waals surface area contributed by atoms with Crippen molar-refractivity contribution in [3.63, 3.8) is 0 Å². The molecule has 0 saturated carbocycles. The van der Waals surface area contributed by atoms with Gasteiger partial charge < -0.3 is 4.90 Å². The molecular weight excluding hydrogens is 238 g/mol. The van der Waals surface area contributed by atoms with Gasteiger partial charge in [0, 0.05) is 6.54 Å². The molecule has 2 aromatic carbocycles. The lowest BCUT2D eigenvalue weighted by molar-refractivity contribution is -0.162. The molecule has 0 aromatic heterocycles. The molecule has 0 aliphatic carbocycles. The van der Waals surface area contributed by atoms with E-state index < -0.39 is 11.9 Å². The van der Waals surface area contributed by atoms with Crippen molar-refractivity contribution in [1.29, 1.82) is 0 Å². The van der Waals surface area contributed by atoms with E-state index in [0.717, 1.165) is 11.1 Å². The Hall–Kier alpha value is -2.42. The minimum Gasteiger partial charge on any atom is -0.317 e. The van der Waals surface area contributed by atoms with E-state index >= 15 is 0 Å². The SMILES string of the molecule is O=C1C(=O)N(Cc2ccccc2)C1c1ccccc1. The zero-order chi connectivity index (χ0) is 13.2. The zero-order valence-electron chi connectivity index (χ0n) is 10.3. The summed E-state index contributed by atoms with van der Waals surface area (Å²) in [6.45, 7) is 0.477. The van der Waals surface area contributed by atoms with Crippen LogP contribution in [0.3, 0.4) is 0 Å². The van der Waals surface area contributed by atoms with Crippen LogP contribution in [0.4, 0.5) is 0 Å². The van der Waals surface area contributed by atoms with E-state index in [1.165, 1.54) is 0 Å². The molecule has 2 aromatic rings. The predicted octanol–water partition coefficient (Wildman–Crippen LogP) is 2.34. The van der Waals surface area contributed by atoms with Gasteiger partial charge >= 0.3 is 0 Å². The molecule has 1 aliphatic heterocycles. The predicted molar refractivity (Wildman–Crippen MR) is 71.2 cm³/mol. The molecule has 0 bridgehead atoms. The van der Waals surface area contributed by atoms with Crippen LogP contribution in [0.1, 0.15) is 17.2 Å². The first kappa shape index (κ1) is 11.7. The van der Waals surface area contributed by atoms with Crippen molar-refractivity contribution in [2.24, 2.45) is 0 Å². The molecule has 1 atom stereocenters. The monoisotopic (exact) mass is 251 g/mol. The maximum atomic E-state index is 11.8. The molecule has 1 fully saturated rings. The summed E-state index contributed by atoms with van der Waals surface area (Å²) in [4.78, 5) is 25.1. The third-order valence-corrected chi connectivity index (χ3v) is 3.34. The Balaban J connectivity index is 1.84. The molecule has 3 nitrogen and oxygen atoms in total. The first-order chi connectivity index (χ1) is 9.27. The number of carbonyl (C=O) groups is 2. The molecule has 3 rings (SSSR count). The Morgan fingerprint density at radius 3 is 2.05 bits per heavy atom. The van der Waals surface area contributed by atoms with Gasteiger partial charge in [0.05, 0.1) is 0 Å². The van der Waals surface area contributed by atoms with Crippen molar-refractivity contribution in [3.05, 3.63) is 71.8 Å². The topological polar surface area (TPSA) is 37.4 Å². The van der Waals surface area contributed by atoms with Crippen LogP contribution in [0.15, 0.2) is 60.7 Å². The second kappa shape index (κ2) is 4.69. The van der Waals surface area contributed by atoms with Crippen molar-refractivity contribution in [2.75, 3.05) is 0 Å². The van der Waals surface area contributed by atoms with Gasteiger partial charge in [0.15, 0.2) is 0 Å². The number of amides is 1. The highest BCUT2D eigenvalue weighted by molar-refractivity contribution is 6.44. The van der Waals surface area contributed by atoms with Gasteiger partial charge in [-0.2, -0.15) is 0 Å². The average molecular weight is 251 g/mol. The van der Waals surface area contributed by atoms with E-state index in [2.05, 4.69) is 0 Å². The fourth-order valence-electron chi connectivity index (χ4n) is 2.36. The lowest BCUT2D eigenvalue weighted by Crippen LogP contribution is -2.54. The van der Waals surface area contributed by atoms with Crippen LogP contribution < -0.4 is 0 Å². The van der Waals surface area contributed by atoms with E-state index in [1.54, 1.807) is 4.90 Å². The Bertz CT molecular complexity index is 607. The normalized spacial score (nSPS) is 18.3. The van der Waals surface area contributed by atoms with Crippen molar-refractivity contribution in [3.8, 4) is 0 Å². The Labute approximate surface area is 111 Å². The third-order valence-electron chi connectivity index (χ3n) is 3.34. The van der Waals surface area contributed by atoms with Crippen LogP contribution in [0.25, 0.3) is 0 Å². The molecule has 0 N–H and O–H groups in total. The summed E-state index contributed by atoms with van der Waals surface area (Å²) in [6, 6.07) is 18.7. The maximum absolute atomic E-state index is 11.8. The highest BCUT2D eigenvalue weighted by Gasteiger charge is 2.46. The van der Waals surface area contributed by atoms with Gasteiger partial charge in [-0.1, -0.05) is 60.7 Å². The first-order valence-corrected chi connectivity index (χ1v) is 6.21. The van der Waals surface area contributed by atoms with Crippen LogP contribution in [0.2, 0.25) is 0 Å².